The van der Waals surface area contributed by atoms with Gasteiger partial charge in [-0.05, 0) is 43.3 Å². The van der Waals surface area contributed by atoms with Crippen LogP contribution in [0.2, 0.25) is 0 Å². The highest BCUT2D eigenvalue weighted by molar-refractivity contribution is 6.05. The van der Waals surface area contributed by atoms with E-state index in [4.69, 9.17) is 4.74 Å². The summed E-state index contributed by atoms with van der Waals surface area (Å²) in [5, 5.41) is 3.30. The Bertz CT molecular complexity index is 1030. The van der Waals surface area contributed by atoms with Crippen molar-refractivity contribution in [2.45, 2.75) is 13.8 Å². The third-order valence-electron chi connectivity index (χ3n) is 3.93. The number of hydrogen-bond acceptors (Lipinski definition) is 5. The summed E-state index contributed by atoms with van der Waals surface area (Å²) in [5.41, 5.74) is 2.76. The van der Waals surface area contributed by atoms with Gasteiger partial charge in [-0.1, -0.05) is 18.2 Å². The Hall–Kier alpha value is -3.54. The van der Waals surface area contributed by atoms with Gasteiger partial charge < -0.3 is 10.1 Å². The second kappa shape index (κ2) is 7.78. The van der Waals surface area contributed by atoms with E-state index in [0.29, 0.717) is 33.4 Å². The lowest BCUT2D eigenvalue weighted by Gasteiger charge is -2.08. The van der Waals surface area contributed by atoms with Crippen molar-refractivity contribution in [1.29, 1.82) is 0 Å². The van der Waals surface area contributed by atoms with Gasteiger partial charge in [0, 0.05) is 29.3 Å². The molecule has 0 aliphatic heterocycles. The molecule has 3 rings (SSSR count). The molecule has 1 N–H and O–H groups in total. The molecule has 0 radical (unpaired) electrons. The lowest BCUT2D eigenvalue weighted by Crippen LogP contribution is -2.15. The first kappa shape index (κ1) is 18.3. The molecular formula is C21H18N2O4. The summed E-state index contributed by atoms with van der Waals surface area (Å²) in [4.78, 5) is 40.1. The number of esters is 1. The van der Waals surface area contributed by atoms with Crippen molar-refractivity contribution in [2.24, 2.45) is 0 Å². The summed E-state index contributed by atoms with van der Waals surface area (Å²) in [6, 6.07) is 15.3. The van der Waals surface area contributed by atoms with E-state index < -0.39 is 5.97 Å². The molecule has 0 saturated carbocycles. The molecule has 27 heavy (non-hydrogen) atoms. The van der Waals surface area contributed by atoms with Crippen LogP contribution >= 0.6 is 0 Å². The summed E-state index contributed by atoms with van der Waals surface area (Å²) in [6.07, 6.45) is 0. The van der Waals surface area contributed by atoms with Crippen molar-refractivity contribution in [3.63, 3.8) is 0 Å². The number of aromatic nitrogens is 1. The molecule has 1 heterocycles. The topological polar surface area (TPSA) is 85.4 Å². The zero-order valence-corrected chi connectivity index (χ0v) is 15.0. The average Bonchev–Trinajstić information content (AvgIpc) is 2.65. The number of rotatable bonds is 5. The quantitative estimate of drug-likeness (QED) is 0.554. The zero-order valence-electron chi connectivity index (χ0n) is 15.0. The van der Waals surface area contributed by atoms with E-state index in [9.17, 15) is 14.4 Å². The maximum atomic E-state index is 12.5. The van der Waals surface area contributed by atoms with Crippen LogP contribution in [-0.2, 0) is 9.53 Å². The number of nitrogens with zero attached hydrogens (tertiary/aromatic N) is 1. The van der Waals surface area contributed by atoms with Gasteiger partial charge >= 0.3 is 5.97 Å². The number of Topliss-reactive ketones (excluding diaryl/α,β-unsaturated/α-hetero) is 1. The van der Waals surface area contributed by atoms with Gasteiger partial charge in [0.15, 0.2) is 12.4 Å². The maximum absolute atomic E-state index is 12.5. The number of amides is 1. The highest BCUT2D eigenvalue weighted by Crippen LogP contribution is 2.19. The number of anilines is 1. The SMILES string of the molecule is CC(=O)Nc1ccc(C(=O)COC(=O)c2cc(C)nc3ccccc23)cc1. The van der Waals surface area contributed by atoms with Gasteiger partial charge in [0.05, 0.1) is 11.1 Å². The second-order valence-electron chi connectivity index (χ2n) is 6.09. The Kier molecular flexibility index (Phi) is 5.26. The Morgan fingerprint density at radius 1 is 1.04 bits per heavy atom. The number of fused-ring (bicyclic) bond motifs is 1. The zero-order chi connectivity index (χ0) is 19.4. The number of nitrogens with one attached hydrogen (secondary N) is 1. The average molecular weight is 362 g/mol. The van der Waals surface area contributed by atoms with Crippen LogP contribution in [0, 0.1) is 6.92 Å². The molecular weight excluding hydrogens is 344 g/mol. The molecule has 2 aromatic carbocycles. The molecule has 0 aliphatic rings. The van der Waals surface area contributed by atoms with Gasteiger partial charge in [0.25, 0.3) is 0 Å². The van der Waals surface area contributed by atoms with E-state index >= 15 is 0 Å². The Balaban J connectivity index is 1.70. The fraction of sp³-hybridized carbons (Fsp3) is 0.143. The molecule has 3 aromatic rings. The molecule has 6 heteroatoms. The fourth-order valence-corrected chi connectivity index (χ4v) is 2.71. The maximum Gasteiger partial charge on any atom is 0.339 e. The molecule has 6 nitrogen and oxygen atoms in total. The molecule has 0 aliphatic carbocycles. The Labute approximate surface area is 156 Å². The van der Waals surface area contributed by atoms with Crippen LogP contribution in [-0.4, -0.2) is 29.3 Å². The van der Waals surface area contributed by atoms with Gasteiger partial charge in [0.1, 0.15) is 0 Å². The van der Waals surface area contributed by atoms with Crippen LogP contribution in [0.25, 0.3) is 10.9 Å². The van der Waals surface area contributed by atoms with E-state index in [1.54, 1.807) is 43.3 Å². The van der Waals surface area contributed by atoms with Gasteiger partial charge in [-0.15, -0.1) is 0 Å². The number of aryl methyl sites for hydroxylation is 1. The lowest BCUT2D eigenvalue weighted by molar-refractivity contribution is -0.114. The predicted octanol–water partition coefficient (Wildman–Crippen LogP) is 3.54. The summed E-state index contributed by atoms with van der Waals surface area (Å²) < 4.78 is 5.22. The van der Waals surface area contributed by atoms with Crippen LogP contribution < -0.4 is 5.32 Å². The molecule has 1 amide bonds. The van der Waals surface area contributed by atoms with Crippen molar-refractivity contribution in [3.8, 4) is 0 Å². The third-order valence-corrected chi connectivity index (χ3v) is 3.93. The van der Waals surface area contributed by atoms with Crippen LogP contribution in [0.15, 0.2) is 54.6 Å². The summed E-state index contributed by atoms with van der Waals surface area (Å²) >= 11 is 0. The number of ether oxygens (including phenoxy) is 1. The third kappa shape index (κ3) is 4.36. The number of carbonyl (C=O) groups excluding carboxylic acids is 3. The highest BCUT2D eigenvalue weighted by Gasteiger charge is 2.15. The molecule has 0 atom stereocenters. The van der Waals surface area contributed by atoms with E-state index in [0.717, 1.165) is 0 Å². The first-order chi connectivity index (χ1) is 12.9. The number of pyridine rings is 1. The van der Waals surface area contributed by atoms with E-state index in [2.05, 4.69) is 10.3 Å². The van der Waals surface area contributed by atoms with Crippen LogP contribution in [0.4, 0.5) is 5.69 Å². The Morgan fingerprint density at radius 2 is 1.74 bits per heavy atom. The summed E-state index contributed by atoms with van der Waals surface area (Å²) in [5.74, 6) is -1.09. The molecule has 0 saturated heterocycles. The normalized spacial score (nSPS) is 10.4. The second-order valence-corrected chi connectivity index (χ2v) is 6.09. The number of benzene rings is 2. The van der Waals surface area contributed by atoms with Crippen molar-refractivity contribution in [3.05, 3.63) is 71.4 Å². The first-order valence-corrected chi connectivity index (χ1v) is 8.38. The standard InChI is InChI=1S/C21H18N2O4/c1-13-11-18(17-5-3-4-6-19(17)22-13)21(26)27-12-20(25)15-7-9-16(10-8-15)23-14(2)24/h3-11H,12H2,1-2H3,(H,23,24). The van der Waals surface area contributed by atoms with Crippen molar-refractivity contribution >= 4 is 34.3 Å². The van der Waals surface area contributed by atoms with Crippen molar-refractivity contribution < 1.29 is 19.1 Å². The molecule has 0 fully saturated rings. The molecule has 0 spiro atoms. The molecule has 0 bridgehead atoms. The number of ketones is 1. The molecule has 136 valence electrons. The van der Waals surface area contributed by atoms with Gasteiger partial charge in [-0.25, -0.2) is 4.79 Å². The fourth-order valence-electron chi connectivity index (χ4n) is 2.71. The van der Waals surface area contributed by atoms with Crippen LogP contribution in [0.1, 0.15) is 33.3 Å². The smallest absolute Gasteiger partial charge is 0.339 e. The minimum Gasteiger partial charge on any atom is -0.454 e. The summed E-state index contributed by atoms with van der Waals surface area (Å²) in [6.45, 7) is 2.84. The van der Waals surface area contributed by atoms with E-state index in [1.807, 2.05) is 18.2 Å². The minimum atomic E-state index is -0.570. The van der Waals surface area contributed by atoms with Crippen LogP contribution in [0.3, 0.4) is 0 Å². The van der Waals surface area contributed by atoms with Crippen molar-refractivity contribution in [2.75, 3.05) is 11.9 Å². The van der Waals surface area contributed by atoms with Gasteiger partial charge in [-0.2, -0.15) is 0 Å². The number of carbonyl (C=O) groups is 3. The predicted molar refractivity (Wildman–Crippen MR) is 102 cm³/mol. The van der Waals surface area contributed by atoms with Gasteiger partial charge in [-0.3, -0.25) is 14.6 Å². The minimum absolute atomic E-state index is 0.192. The number of para-hydroxylation sites is 1. The lowest BCUT2D eigenvalue weighted by atomic mass is 10.1. The molecule has 0 unspecified atom stereocenters. The monoisotopic (exact) mass is 362 g/mol. The molecule has 1 aromatic heterocycles. The van der Waals surface area contributed by atoms with E-state index in [-0.39, 0.29) is 18.3 Å². The van der Waals surface area contributed by atoms with Crippen molar-refractivity contribution in [1.82, 2.24) is 4.98 Å². The highest BCUT2D eigenvalue weighted by atomic mass is 16.5. The first-order valence-electron chi connectivity index (χ1n) is 8.38. The van der Waals surface area contributed by atoms with Crippen LogP contribution in [0.5, 0.6) is 0 Å². The largest absolute Gasteiger partial charge is 0.454 e. The summed E-state index contributed by atoms with van der Waals surface area (Å²) in [7, 11) is 0. The van der Waals surface area contributed by atoms with E-state index in [1.165, 1.54) is 6.92 Å². The Morgan fingerprint density at radius 3 is 2.44 bits per heavy atom. The van der Waals surface area contributed by atoms with Gasteiger partial charge in [0.2, 0.25) is 5.91 Å². The number of hydrogen-bond donors (Lipinski definition) is 1.